The molecule has 24 heavy (non-hydrogen) atoms. The molecule has 7 heteroatoms. The van der Waals surface area contributed by atoms with E-state index in [1.807, 2.05) is 25.2 Å². The zero-order valence-electron chi connectivity index (χ0n) is 14.0. The van der Waals surface area contributed by atoms with E-state index in [9.17, 15) is 14.4 Å². The smallest absolute Gasteiger partial charge is 0.285 e. The number of rotatable bonds is 5. The van der Waals surface area contributed by atoms with Gasteiger partial charge in [0.1, 0.15) is 6.54 Å². The summed E-state index contributed by atoms with van der Waals surface area (Å²) in [4.78, 5) is 39.0. The van der Waals surface area contributed by atoms with E-state index in [0.717, 1.165) is 17.7 Å². The van der Waals surface area contributed by atoms with Crippen LogP contribution >= 0.6 is 0 Å². The number of nitrogens with zero attached hydrogens (tertiary/aromatic N) is 1. The predicted molar refractivity (Wildman–Crippen MR) is 89.8 cm³/mol. The first kappa shape index (κ1) is 16.4. The van der Waals surface area contributed by atoms with Crippen molar-refractivity contribution in [3.8, 4) is 0 Å². The lowest BCUT2D eigenvalue weighted by Crippen LogP contribution is -3.15. The minimum Gasteiger partial charge on any atom is -0.348 e. The number of benzene rings is 1. The van der Waals surface area contributed by atoms with Gasteiger partial charge in [0, 0.05) is 6.04 Å². The van der Waals surface area contributed by atoms with E-state index in [2.05, 4.69) is 10.6 Å². The third kappa shape index (κ3) is 3.56. The molecule has 1 saturated carbocycles. The molecule has 3 rings (SSSR count). The topological polar surface area (TPSA) is 83.0 Å². The van der Waals surface area contributed by atoms with Gasteiger partial charge in [-0.3, -0.25) is 19.3 Å². The Bertz CT molecular complexity index is 672. The summed E-state index contributed by atoms with van der Waals surface area (Å²) in [6.45, 7) is 2.03. The van der Waals surface area contributed by atoms with E-state index in [-0.39, 0.29) is 30.8 Å². The lowest BCUT2D eigenvalue weighted by molar-refractivity contribution is -0.885. The second-order valence-corrected chi connectivity index (χ2v) is 6.58. The number of amides is 3. The lowest BCUT2D eigenvalue weighted by atomic mass is 10.1. The second kappa shape index (κ2) is 6.60. The summed E-state index contributed by atoms with van der Waals surface area (Å²) in [5, 5.41) is 5.70. The summed E-state index contributed by atoms with van der Waals surface area (Å²) < 4.78 is 0. The summed E-state index contributed by atoms with van der Waals surface area (Å²) in [6.07, 6.45) is 2.08. The monoisotopic (exact) mass is 331 g/mol. The van der Waals surface area contributed by atoms with Gasteiger partial charge in [0.15, 0.2) is 12.6 Å². The van der Waals surface area contributed by atoms with Gasteiger partial charge in [-0.25, -0.2) is 0 Å². The van der Waals surface area contributed by atoms with Crippen LogP contribution in [-0.2, 0) is 14.4 Å². The Morgan fingerprint density at radius 2 is 2.08 bits per heavy atom. The standard InChI is InChI=1S/C17H22N4O3/c1-11(20(2)9-15(22)18-12-7-8-12)17(24)21-10-16(23)19-13-5-3-4-6-14(13)21/h3-6,11-12H,7-10H2,1-2H3,(H,18,22)(H,19,23)/p+1/t11-/m1/s1. The molecule has 0 radical (unpaired) electrons. The van der Waals surface area contributed by atoms with E-state index >= 15 is 0 Å². The van der Waals surface area contributed by atoms with E-state index in [4.69, 9.17) is 0 Å². The molecule has 3 N–H and O–H groups in total. The molecule has 2 atom stereocenters. The summed E-state index contributed by atoms with van der Waals surface area (Å²) >= 11 is 0. The van der Waals surface area contributed by atoms with Gasteiger partial charge in [-0.05, 0) is 31.9 Å². The van der Waals surface area contributed by atoms with Crippen molar-refractivity contribution in [1.82, 2.24) is 5.32 Å². The Labute approximate surface area is 141 Å². The lowest BCUT2D eigenvalue weighted by Gasteiger charge is -2.32. The molecule has 1 aliphatic carbocycles. The first-order valence-corrected chi connectivity index (χ1v) is 8.27. The summed E-state index contributed by atoms with van der Waals surface area (Å²) in [6, 6.07) is 7.13. The van der Waals surface area contributed by atoms with Crippen molar-refractivity contribution in [2.45, 2.75) is 31.8 Å². The first-order chi connectivity index (χ1) is 11.5. The quantitative estimate of drug-likeness (QED) is 0.657. The number of hydrogen-bond acceptors (Lipinski definition) is 3. The molecule has 7 nitrogen and oxygen atoms in total. The van der Waals surface area contributed by atoms with Crippen LogP contribution in [0.3, 0.4) is 0 Å². The number of likely N-dealkylation sites (N-methyl/N-ethyl adjacent to an activating group) is 1. The Morgan fingerprint density at radius 1 is 1.38 bits per heavy atom. The van der Waals surface area contributed by atoms with Crippen molar-refractivity contribution in [3.05, 3.63) is 24.3 Å². The minimum atomic E-state index is -0.422. The molecule has 0 spiro atoms. The van der Waals surface area contributed by atoms with Crippen LogP contribution in [-0.4, -0.2) is 49.9 Å². The average molecular weight is 331 g/mol. The fourth-order valence-electron chi connectivity index (χ4n) is 2.79. The van der Waals surface area contributed by atoms with Gasteiger partial charge in [-0.2, -0.15) is 0 Å². The molecule has 0 bridgehead atoms. The third-order valence-corrected chi connectivity index (χ3v) is 4.53. The minimum absolute atomic E-state index is 0.00172. The van der Waals surface area contributed by atoms with Crippen molar-refractivity contribution in [2.24, 2.45) is 0 Å². The molecule has 1 heterocycles. The number of quaternary nitrogens is 1. The third-order valence-electron chi connectivity index (χ3n) is 4.53. The molecule has 128 valence electrons. The van der Waals surface area contributed by atoms with Crippen LogP contribution in [0.25, 0.3) is 0 Å². The molecular formula is C17H23N4O3+. The van der Waals surface area contributed by atoms with Crippen LogP contribution in [0.2, 0.25) is 0 Å². The first-order valence-electron chi connectivity index (χ1n) is 8.27. The zero-order chi connectivity index (χ0) is 17.3. The van der Waals surface area contributed by atoms with Gasteiger partial charge < -0.3 is 15.5 Å². The van der Waals surface area contributed by atoms with Crippen molar-refractivity contribution in [1.29, 1.82) is 0 Å². The molecular weight excluding hydrogens is 308 g/mol. The van der Waals surface area contributed by atoms with Crippen LogP contribution in [0.5, 0.6) is 0 Å². The predicted octanol–water partition coefficient (Wildman–Crippen LogP) is -0.846. The number of nitrogens with one attached hydrogen (secondary N) is 3. The highest BCUT2D eigenvalue weighted by molar-refractivity contribution is 6.10. The van der Waals surface area contributed by atoms with Crippen LogP contribution in [0.4, 0.5) is 11.4 Å². The highest BCUT2D eigenvalue weighted by atomic mass is 16.2. The Hall–Kier alpha value is -2.41. The maximum Gasteiger partial charge on any atom is 0.285 e. The van der Waals surface area contributed by atoms with E-state index in [1.165, 1.54) is 4.90 Å². The zero-order valence-corrected chi connectivity index (χ0v) is 14.0. The van der Waals surface area contributed by atoms with E-state index in [0.29, 0.717) is 17.4 Å². The summed E-state index contributed by atoms with van der Waals surface area (Å²) in [7, 11) is 1.82. The average Bonchev–Trinajstić information content (AvgIpc) is 3.36. The molecule has 3 amide bonds. The van der Waals surface area contributed by atoms with Crippen LogP contribution in [0, 0.1) is 0 Å². The van der Waals surface area contributed by atoms with Gasteiger partial charge in [-0.1, -0.05) is 12.1 Å². The number of carbonyl (C=O) groups excluding carboxylic acids is 3. The Kier molecular flexibility index (Phi) is 4.53. The van der Waals surface area contributed by atoms with Gasteiger partial charge in [-0.15, -0.1) is 0 Å². The van der Waals surface area contributed by atoms with E-state index in [1.54, 1.807) is 13.0 Å². The van der Waals surface area contributed by atoms with E-state index < -0.39 is 6.04 Å². The molecule has 1 aliphatic heterocycles. The number of hydrogen-bond donors (Lipinski definition) is 3. The molecule has 1 unspecified atom stereocenters. The Balaban J connectivity index is 1.68. The molecule has 2 aliphatic rings. The highest BCUT2D eigenvalue weighted by Crippen LogP contribution is 2.29. The van der Waals surface area contributed by atoms with Crippen LogP contribution in [0.15, 0.2) is 24.3 Å². The summed E-state index contributed by atoms with van der Waals surface area (Å²) in [5.41, 5.74) is 1.34. The molecule has 1 aromatic carbocycles. The number of anilines is 2. The van der Waals surface area contributed by atoms with Gasteiger partial charge in [0.25, 0.3) is 11.8 Å². The highest BCUT2D eigenvalue weighted by Gasteiger charge is 2.34. The largest absolute Gasteiger partial charge is 0.348 e. The summed E-state index contributed by atoms with van der Waals surface area (Å²) in [5.74, 6) is -0.404. The van der Waals surface area contributed by atoms with Crippen molar-refractivity contribution < 1.29 is 19.3 Å². The Morgan fingerprint density at radius 3 is 2.79 bits per heavy atom. The van der Waals surface area contributed by atoms with Gasteiger partial charge >= 0.3 is 0 Å². The maximum absolute atomic E-state index is 12.9. The molecule has 0 aromatic heterocycles. The van der Waals surface area contributed by atoms with Crippen molar-refractivity contribution in [3.63, 3.8) is 0 Å². The second-order valence-electron chi connectivity index (χ2n) is 6.58. The molecule has 1 aromatic rings. The number of carbonyl (C=O) groups is 3. The molecule has 1 fully saturated rings. The fraction of sp³-hybridized carbons (Fsp3) is 0.471. The molecule has 0 saturated heterocycles. The van der Waals surface area contributed by atoms with Crippen LogP contribution in [0.1, 0.15) is 19.8 Å². The van der Waals surface area contributed by atoms with Crippen molar-refractivity contribution >= 4 is 29.1 Å². The fourth-order valence-corrected chi connectivity index (χ4v) is 2.79. The van der Waals surface area contributed by atoms with Crippen molar-refractivity contribution in [2.75, 3.05) is 30.4 Å². The van der Waals surface area contributed by atoms with Gasteiger partial charge in [0.05, 0.1) is 18.4 Å². The normalized spacial score (nSPS) is 19.1. The van der Waals surface area contributed by atoms with Crippen LogP contribution < -0.4 is 20.4 Å². The SMILES string of the molecule is C[C@H](C(=O)N1CC(=O)Nc2ccccc21)[NH+](C)CC(=O)NC1CC1. The maximum atomic E-state index is 12.9. The number of fused-ring (bicyclic) bond motifs is 1. The van der Waals surface area contributed by atoms with Gasteiger partial charge in [0.2, 0.25) is 5.91 Å². The number of para-hydroxylation sites is 2.